The number of hydrogen-bond donors (Lipinski definition) is 2. The molecule has 1 fully saturated rings. The number of carbonyl (C=O) groups excluding carboxylic acids is 1. The molecule has 3 aromatic rings. The molecule has 0 saturated carbocycles. The summed E-state index contributed by atoms with van der Waals surface area (Å²) >= 11 is 0. The van der Waals surface area contributed by atoms with Crippen LogP contribution in [0.5, 0.6) is 0 Å². The standard InChI is InChI=1S/C24H28N6O.HI/c1-25-24(26-14-19-9-11-22(12-10-19)30-13-5-8-23(30)31)27-15-21-16-28-29(18-21)17-20-6-3-2-4-7-20;/h2-4,6-7,9-12,16,18H,5,8,13-15,17H2,1H3,(H2,25,26,27);1H. The minimum Gasteiger partial charge on any atom is -0.352 e. The average Bonchev–Trinajstić information content (AvgIpc) is 3.44. The number of aromatic nitrogens is 2. The SMILES string of the molecule is CN=C(NCc1ccc(N2CCCC2=O)cc1)NCc1cnn(Cc2ccccc2)c1.I. The van der Waals surface area contributed by atoms with E-state index in [2.05, 4.69) is 45.0 Å². The predicted molar refractivity (Wildman–Crippen MR) is 138 cm³/mol. The number of nitrogens with zero attached hydrogens (tertiary/aromatic N) is 4. The minimum absolute atomic E-state index is 0. The molecule has 2 heterocycles. The molecule has 0 unspecified atom stereocenters. The number of guanidine groups is 1. The Morgan fingerprint density at radius 2 is 1.72 bits per heavy atom. The molecule has 0 radical (unpaired) electrons. The summed E-state index contributed by atoms with van der Waals surface area (Å²) in [7, 11) is 1.76. The Hall–Kier alpha value is -2.88. The van der Waals surface area contributed by atoms with Crippen LogP contribution in [-0.2, 0) is 24.4 Å². The van der Waals surface area contributed by atoms with E-state index in [1.165, 1.54) is 5.56 Å². The number of anilines is 1. The van der Waals surface area contributed by atoms with Gasteiger partial charge >= 0.3 is 0 Å². The normalized spacial score (nSPS) is 13.7. The summed E-state index contributed by atoms with van der Waals surface area (Å²) in [5.74, 6) is 0.942. The first-order valence-corrected chi connectivity index (χ1v) is 10.6. The lowest BCUT2D eigenvalue weighted by Gasteiger charge is -2.16. The van der Waals surface area contributed by atoms with E-state index >= 15 is 0 Å². The molecule has 1 aliphatic heterocycles. The summed E-state index contributed by atoms with van der Waals surface area (Å²) in [5, 5.41) is 11.1. The predicted octanol–water partition coefficient (Wildman–Crippen LogP) is 3.54. The molecule has 1 amide bonds. The molecule has 8 heteroatoms. The third-order valence-electron chi connectivity index (χ3n) is 5.34. The van der Waals surface area contributed by atoms with Gasteiger partial charge in [0.15, 0.2) is 5.96 Å². The van der Waals surface area contributed by atoms with Crippen molar-refractivity contribution in [1.29, 1.82) is 0 Å². The summed E-state index contributed by atoms with van der Waals surface area (Å²) < 4.78 is 1.94. The second kappa shape index (κ2) is 11.7. The zero-order valence-electron chi connectivity index (χ0n) is 18.2. The fraction of sp³-hybridized carbons (Fsp3) is 0.292. The number of rotatable bonds is 7. The highest BCUT2D eigenvalue weighted by atomic mass is 127. The number of nitrogens with one attached hydrogen (secondary N) is 2. The molecule has 7 nitrogen and oxygen atoms in total. The highest BCUT2D eigenvalue weighted by Gasteiger charge is 2.21. The quantitative estimate of drug-likeness (QED) is 0.271. The molecular weight excluding hydrogens is 515 g/mol. The summed E-state index contributed by atoms with van der Waals surface area (Å²) in [6.07, 6.45) is 5.51. The van der Waals surface area contributed by atoms with Crippen molar-refractivity contribution in [3.05, 3.63) is 83.7 Å². The molecule has 2 N–H and O–H groups in total. The van der Waals surface area contributed by atoms with Gasteiger partial charge in [-0.05, 0) is 29.7 Å². The number of aliphatic imine (C=N–C) groups is 1. The van der Waals surface area contributed by atoms with E-state index in [9.17, 15) is 4.79 Å². The first-order valence-electron chi connectivity index (χ1n) is 10.6. The average molecular weight is 544 g/mol. The third-order valence-corrected chi connectivity index (χ3v) is 5.34. The zero-order valence-corrected chi connectivity index (χ0v) is 20.5. The maximum Gasteiger partial charge on any atom is 0.227 e. The molecule has 4 rings (SSSR count). The van der Waals surface area contributed by atoms with Crippen LogP contribution in [0.3, 0.4) is 0 Å². The van der Waals surface area contributed by atoms with Gasteiger partial charge in [0, 0.05) is 50.6 Å². The number of amides is 1. The van der Waals surface area contributed by atoms with E-state index in [0.29, 0.717) is 19.5 Å². The molecule has 0 atom stereocenters. The van der Waals surface area contributed by atoms with Crippen molar-refractivity contribution in [2.45, 2.75) is 32.5 Å². The largest absolute Gasteiger partial charge is 0.352 e. The number of halogens is 1. The summed E-state index contributed by atoms with van der Waals surface area (Å²) in [4.78, 5) is 18.0. The fourth-order valence-corrected chi connectivity index (χ4v) is 3.66. The van der Waals surface area contributed by atoms with E-state index in [1.54, 1.807) is 7.05 Å². The Kier molecular flexibility index (Phi) is 8.66. The van der Waals surface area contributed by atoms with Crippen LogP contribution in [0.15, 0.2) is 72.0 Å². The molecule has 0 aliphatic carbocycles. The lowest BCUT2D eigenvalue weighted by atomic mass is 10.2. The first kappa shape index (κ1) is 23.8. The van der Waals surface area contributed by atoms with E-state index in [0.717, 1.165) is 42.3 Å². The van der Waals surface area contributed by atoms with Crippen LogP contribution in [0.2, 0.25) is 0 Å². The van der Waals surface area contributed by atoms with Gasteiger partial charge in [0.05, 0.1) is 12.7 Å². The van der Waals surface area contributed by atoms with Crippen molar-refractivity contribution in [1.82, 2.24) is 20.4 Å². The van der Waals surface area contributed by atoms with Crippen molar-refractivity contribution in [2.75, 3.05) is 18.5 Å². The Balaban J connectivity index is 0.00000289. The Morgan fingerprint density at radius 3 is 2.38 bits per heavy atom. The van der Waals surface area contributed by atoms with Crippen molar-refractivity contribution in [3.8, 4) is 0 Å². The highest BCUT2D eigenvalue weighted by molar-refractivity contribution is 14.0. The molecule has 1 aromatic heterocycles. The molecular formula is C24H29IN6O. The van der Waals surface area contributed by atoms with Crippen LogP contribution in [0.25, 0.3) is 0 Å². The van der Waals surface area contributed by atoms with Gasteiger partial charge in [-0.2, -0.15) is 5.10 Å². The van der Waals surface area contributed by atoms with Crippen molar-refractivity contribution in [3.63, 3.8) is 0 Å². The van der Waals surface area contributed by atoms with Gasteiger partial charge < -0.3 is 15.5 Å². The van der Waals surface area contributed by atoms with Gasteiger partial charge in [-0.1, -0.05) is 42.5 Å². The van der Waals surface area contributed by atoms with Crippen LogP contribution in [-0.4, -0.2) is 35.2 Å². The summed E-state index contributed by atoms with van der Waals surface area (Å²) in [6.45, 7) is 2.87. The van der Waals surface area contributed by atoms with Crippen LogP contribution in [0.1, 0.15) is 29.5 Å². The van der Waals surface area contributed by atoms with E-state index in [-0.39, 0.29) is 29.9 Å². The molecule has 0 bridgehead atoms. The van der Waals surface area contributed by atoms with Crippen molar-refractivity contribution in [2.24, 2.45) is 4.99 Å². The lowest BCUT2D eigenvalue weighted by molar-refractivity contribution is -0.117. The Labute approximate surface area is 205 Å². The van der Waals surface area contributed by atoms with Crippen LogP contribution in [0, 0.1) is 0 Å². The maximum absolute atomic E-state index is 11.9. The third kappa shape index (κ3) is 6.32. The van der Waals surface area contributed by atoms with Crippen molar-refractivity contribution >= 4 is 41.5 Å². The molecule has 1 saturated heterocycles. The Morgan fingerprint density at radius 1 is 1.00 bits per heavy atom. The van der Waals surface area contributed by atoms with Gasteiger partial charge in [0.25, 0.3) is 0 Å². The monoisotopic (exact) mass is 544 g/mol. The highest BCUT2D eigenvalue weighted by Crippen LogP contribution is 2.21. The molecule has 168 valence electrons. The van der Waals surface area contributed by atoms with Gasteiger partial charge in [-0.15, -0.1) is 24.0 Å². The first-order chi connectivity index (χ1) is 15.2. The van der Waals surface area contributed by atoms with Gasteiger partial charge in [-0.3, -0.25) is 14.5 Å². The second-order valence-corrected chi connectivity index (χ2v) is 7.63. The Bertz CT molecular complexity index is 1030. The lowest BCUT2D eigenvalue weighted by Crippen LogP contribution is -2.36. The molecule has 32 heavy (non-hydrogen) atoms. The summed E-state index contributed by atoms with van der Waals surface area (Å²) in [5.41, 5.74) is 4.43. The van der Waals surface area contributed by atoms with Crippen LogP contribution >= 0.6 is 24.0 Å². The molecule has 2 aromatic carbocycles. The number of carbonyl (C=O) groups is 1. The number of benzene rings is 2. The van der Waals surface area contributed by atoms with Crippen LogP contribution in [0.4, 0.5) is 5.69 Å². The second-order valence-electron chi connectivity index (χ2n) is 7.63. The minimum atomic E-state index is 0. The van der Waals surface area contributed by atoms with E-state index in [1.807, 2.05) is 52.3 Å². The molecule has 1 aliphatic rings. The summed E-state index contributed by atoms with van der Waals surface area (Å²) in [6, 6.07) is 18.4. The van der Waals surface area contributed by atoms with Gasteiger partial charge in [-0.25, -0.2) is 0 Å². The van der Waals surface area contributed by atoms with Gasteiger partial charge in [0.1, 0.15) is 0 Å². The molecule has 0 spiro atoms. The number of hydrogen-bond acceptors (Lipinski definition) is 3. The van der Waals surface area contributed by atoms with E-state index < -0.39 is 0 Å². The van der Waals surface area contributed by atoms with E-state index in [4.69, 9.17) is 0 Å². The maximum atomic E-state index is 11.9. The zero-order chi connectivity index (χ0) is 21.5. The smallest absolute Gasteiger partial charge is 0.227 e. The fourth-order valence-electron chi connectivity index (χ4n) is 3.66. The van der Waals surface area contributed by atoms with Crippen molar-refractivity contribution < 1.29 is 4.79 Å². The van der Waals surface area contributed by atoms with Crippen LogP contribution < -0.4 is 15.5 Å². The van der Waals surface area contributed by atoms with Gasteiger partial charge in [0.2, 0.25) is 5.91 Å². The topological polar surface area (TPSA) is 74.6 Å².